The van der Waals surface area contributed by atoms with Crippen LogP contribution in [0.25, 0.3) is 11.0 Å². The largest absolute Gasteiger partial charge is 0.459 e. The monoisotopic (exact) mass is 413 g/mol. The first kappa shape index (κ1) is 20.9. The van der Waals surface area contributed by atoms with Gasteiger partial charge in [0.05, 0.1) is 11.4 Å². The molecule has 3 aromatic rings. The second-order valence-corrected chi connectivity index (χ2v) is 9.02. The first-order chi connectivity index (χ1) is 13.9. The smallest absolute Gasteiger partial charge is 0.194 e. The summed E-state index contributed by atoms with van der Waals surface area (Å²) in [6, 6.07) is 17.0. The van der Waals surface area contributed by atoms with Crippen LogP contribution < -0.4 is 5.32 Å². The lowest BCUT2D eigenvalue weighted by molar-refractivity contribution is 0.412. The summed E-state index contributed by atoms with van der Waals surface area (Å²) in [5, 5.41) is 4.40. The summed E-state index contributed by atoms with van der Waals surface area (Å²) in [6.45, 7) is 4.02. The van der Waals surface area contributed by atoms with E-state index in [4.69, 9.17) is 9.41 Å². The molecule has 0 aliphatic carbocycles. The standard InChI is InChI=1S/C22H27N3O3S/c1-4-23-22(24-14-13-17-9-11-20(12-10-17)29(3,26)27)25(2)16-19-15-18-7-5-6-8-21(18)28-19/h5-12,15H,4,13-14,16H2,1-3H3,(H,23,24). The SMILES string of the molecule is CCNC(=NCCc1ccc(S(C)(=O)=O)cc1)N(C)Cc1cc2ccccc2o1. The van der Waals surface area contributed by atoms with Crippen molar-refractivity contribution in [2.45, 2.75) is 24.8 Å². The zero-order valence-electron chi connectivity index (χ0n) is 17.1. The zero-order valence-corrected chi connectivity index (χ0v) is 17.9. The molecule has 6 nitrogen and oxygen atoms in total. The van der Waals surface area contributed by atoms with Gasteiger partial charge in [-0.15, -0.1) is 0 Å². The highest BCUT2D eigenvalue weighted by Crippen LogP contribution is 2.19. The molecule has 1 heterocycles. The fourth-order valence-corrected chi connectivity index (χ4v) is 3.72. The Morgan fingerprint density at radius 3 is 2.52 bits per heavy atom. The molecule has 0 bridgehead atoms. The molecule has 29 heavy (non-hydrogen) atoms. The lowest BCUT2D eigenvalue weighted by atomic mass is 10.1. The van der Waals surface area contributed by atoms with Crippen molar-refractivity contribution >= 4 is 26.8 Å². The van der Waals surface area contributed by atoms with Crippen molar-refractivity contribution in [1.29, 1.82) is 0 Å². The molecule has 0 atom stereocenters. The topological polar surface area (TPSA) is 74.9 Å². The van der Waals surface area contributed by atoms with Crippen molar-refractivity contribution < 1.29 is 12.8 Å². The van der Waals surface area contributed by atoms with Gasteiger partial charge >= 0.3 is 0 Å². The van der Waals surface area contributed by atoms with Crippen LogP contribution in [0.1, 0.15) is 18.2 Å². The van der Waals surface area contributed by atoms with Crippen LogP contribution in [0.5, 0.6) is 0 Å². The normalized spacial score (nSPS) is 12.3. The average Bonchev–Trinajstić information content (AvgIpc) is 3.09. The molecule has 0 aliphatic heterocycles. The molecule has 1 N–H and O–H groups in total. The summed E-state index contributed by atoms with van der Waals surface area (Å²) in [5.74, 6) is 1.69. The van der Waals surface area contributed by atoms with E-state index < -0.39 is 9.84 Å². The van der Waals surface area contributed by atoms with Crippen LogP contribution in [0.2, 0.25) is 0 Å². The van der Waals surface area contributed by atoms with Gasteiger partial charge in [0.2, 0.25) is 0 Å². The van der Waals surface area contributed by atoms with E-state index in [2.05, 4.69) is 11.4 Å². The Morgan fingerprint density at radius 2 is 1.86 bits per heavy atom. The van der Waals surface area contributed by atoms with E-state index in [1.165, 1.54) is 6.26 Å². The van der Waals surface area contributed by atoms with E-state index in [1.54, 1.807) is 12.1 Å². The van der Waals surface area contributed by atoms with E-state index in [0.29, 0.717) is 18.0 Å². The summed E-state index contributed by atoms with van der Waals surface area (Å²) in [4.78, 5) is 7.07. The van der Waals surface area contributed by atoms with Gasteiger partial charge in [0.15, 0.2) is 15.8 Å². The molecule has 0 amide bonds. The van der Waals surface area contributed by atoms with E-state index in [1.807, 2.05) is 55.3 Å². The number of guanidine groups is 1. The maximum Gasteiger partial charge on any atom is 0.194 e. The highest BCUT2D eigenvalue weighted by atomic mass is 32.2. The number of benzene rings is 2. The Hall–Kier alpha value is -2.80. The molecule has 154 valence electrons. The van der Waals surface area contributed by atoms with E-state index in [9.17, 15) is 8.42 Å². The molecule has 2 aromatic carbocycles. The Balaban J connectivity index is 1.63. The Kier molecular flexibility index (Phi) is 6.59. The molecule has 0 spiro atoms. The number of nitrogens with zero attached hydrogens (tertiary/aromatic N) is 2. The number of aliphatic imine (C=N–C) groups is 1. The van der Waals surface area contributed by atoms with Gasteiger partial charge in [-0.3, -0.25) is 4.99 Å². The average molecular weight is 414 g/mol. The van der Waals surface area contributed by atoms with Crippen LogP contribution in [-0.4, -0.2) is 45.7 Å². The third kappa shape index (κ3) is 5.60. The van der Waals surface area contributed by atoms with Crippen molar-refractivity contribution in [3.63, 3.8) is 0 Å². The fourth-order valence-electron chi connectivity index (χ4n) is 3.09. The van der Waals surface area contributed by atoms with Gasteiger partial charge in [-0.25, -0.2) is 8.42 Å². The Bertz CT molecular complexity index is 1050. The number of fused-ring (bicyclic) bond motifs is 1. The number of furan rings is 1. The van der Waals surface area contributed by atoms with Gasteiger partial charge < -0.3 is 14.6 Å². The van der Waals surface area contributed by atoms with Gasteiger partial charge in [-0.1, -0.05) is 30.3 Å². The lowest BCUT2D eigenvalue weighted by Crippen LogP contribution is -2.38. The molecule has 7 heteroatoms. The molecule has 0 saturated carbocycles. The highest BCUT2D eigenvalue weighted by molar-refractivity contribution is 7.90. The van der Waals surface area contributed by atoms with Gasteiger partial charge in [0, 0.05) is 31.8 Å². The quantitative estimate of drug-likeness (QED) is 0.474. The third-order valence-corrected chi connectivity index (χ3v) is 5.71. The van der Waals surface area contributed by atoms with Crippen LogP contribution >= 0.6 is 0 Å². The zero-order chi connectivity index (χ0) is 20.9. The molecule has 0 aliphatic rings. The fraction of sp³-hybridized carbons (Fsp3) is 0.318. The molecule has 3 rings (SSSR count). The van der Waals surface area contributed by atoms with Crippen molar-refractivity contribution in [1.82, 2.24) is 10.2 Å². The molecular weight excluding hydrogens is 386 g/mol. The van der Waals surface area contributed by atoms with Crippen molar-refractivity contribution in [2.75, 3.05) is 26.4 Å². The first-order valence-electron chi connectivity index (χ1n) is 9.62. The van der Waals surface area contributed by atoms with E-state index >= 15 is 0 Å². The van der Waals surface area contributed by atoms with Crippen molar-refractivity contribution in [2.24, 2.45) is 4.99 Å². The van der Waals surface area contributed by atoms with E-state index in [-0.39, 0.29) is 0 Å². The van der Waals surface area contributed by atoms with Crippen LogP contribution in [-0.2, 0) is 22.8 Å². The Labute approximate surface area is 172 Å². The second-order valence-electron chi connectivity index (χ2n) is 7.01. The minimum absolute atomic E-state index is 0.337. The Morgan fingerprint density at radius 1 is 1.14 bits per heavy atom. The van der Waals surface area contributed by atoms with Gasteiger partial charge in [-0.05, 0) is 43.2 Å². The second kappa shape index (κ2) is 9.13. The van der Waals surface area contributed by atoms with Crippen LogP contribution in [0.3, 0.4) is 0 Å². The highest BCUT2D eigenvalue weighted by Gasteiger charge is 2.10. The molecule has 0 radical (unpaired) electrons. The minimum atomic E-state index is -3.16. The van der Waals surface area contributed by atoms with Gasteiger partial charge in [0.1, 0.15) is 11.3 Å². The minimum Gasteiger partial charge on any atom is -0.459 e. The maximum atomic E-state index is 11.6. The predicted molar refractivity (Wildman–Crippen MR) is 117 cm³/mol. The maximum absolute atomic E-state index is 11.6. The summed E-state index contributed by atoms with van der Waals surface area (Å²) in [5.41, 5.74) is 1.94. The van der Waals surface area contributed by atoms with Crippen molar-refractivity contribution in [3.05, 3.63) is 65.9 Å². The lowest BCUT2D eigenvalue weighted by Gasteiger charge is -2.21. The van der Waals surface area contributed by atoms with Crippen LogP contribution in [0, 0.1) is 0 Å². The summed E-state index contributed by atoms with van der Waals surface area (Å²) in [6.07, 6.45) is 1.95. The number of para-hydroxylation sites is 1. The van der Waals surface area contributed by atoms with Crippen LogP contribution in [0.15, 0.2) is 68.9 Å². The first-order valence-corrected chi connectivity index (χ1v) is 11.5. The van der Waals surface area contributed by atoms with Crippen molar-refractivity contribution in [3.8, 4) is 0 Å². The molecular formula is C22H27N3O3S. The van der Waals surface area contributed by atoms with Crippen LogP contribution in [0.4, 0.5) is 0 Å². The van der Waals surface area contributed by atoms with E-state index in [0.717, 1.165) is 41.2 Å². The molecule has 0 saturated heterocycles. The summed E-state index contributed by atoms with van der Waals surface area (Å²) in [7, 11) is -1.18. The molecule has 0 unspecified atom stereocenters. The number of rotatable bonds is 7. The number of hydrogen-bond acceptors (Lipinski definition) is 4. The predicted octanol–water partition coefficient (Wildman–Crippen LogP) is 3.48. The molecule has 1 aromatic heterocycles. The number of hydrogen-bond donors (Lipinski definition) is 1. The number of nitrogens with one attached hydrogen (secondary N) is 1. The number of sulfone groups is 1. The third-order valence-electron chi connectivity index (χ3n) is 4.58. The van der Waals surface area contributed by atoms with Gasteiger partial charge in [0.25, 0.3) is 0 Å². The summed E-state index contributed by atoms with van der Waals surface area (Å²) >= 11 is 0. The van der Waals surface area contributed by atoms with Gasteiger partial charge in [-0.2, -0.15) is 0 Å². The summed E-state index contributed by atoms with van der Waals surface area (Å²) < 4.78 is 29.0. The molecule has 0 fully saturated rings.